The van der Waals surface area contributed by atoms with Gasteiger partial charge in [-0.05, 0) is 38.5 Å². The highest BCUT2D eigenvalue weighted by molar-refractivity contribution is 8.00. The number of hydrogen-bond acceptors (Lipinski definition) is 6. The number of amides is 2. The van der Waals surface area contributed by atoms with Crippen LogP contribution in [0.2, 0.25) is 0 Å². The van der Waals surface area contributed by atoms with Gasteiger partial charge in [0.15, 0.2) is 0 Å². The summed E-state index contributed by atoms with van der Waals surface area (Å²) in [6, 6.07) is 0. The van der Waals surface area contributed by atoms with Crippen LogP contribution in [0.3, 0.4) is 0 Å². The minimum absolute atomic E-state index is 0.0861. The van der Waals surface area contributed by atoms with E-state index in [-0.39, 0.29) is 22.8 Å². The second kappa shape index (κ2) is 14.2. The highest BCUT2D eigenvalue weighted by atomic mass is 32.2. The molecule has 6 nitrogen and oxygen atoms in total. The number of Topliss-reactive ketones (excluding diaryl/α,β-unsaturated/α-hetero) is 1. The Balaban J connectivity index is 2.03. The Labute approximate surface area is 161 Å². The summed E-state index contributed by atoms with van der Waals surface area (Å²) >= 11 is 1.57. The molecule has 0 spiro atoms. The number of thioether (sulfide) groups is 1. The number of rotatable bonds is 16. The maximum absolute atomic E-state index is 12.3. The fourth-order valence-corrected chi connectivity index (χ4v) is 3.88. The van der Waals surface area contributed by atoms with E-state index in [1.54, 1.807) is 11.8 Å². The lowest BCUT2D eigenvalue weighted by atomic mass is 10.2. The monoisotopic (exact) mass is 386 g/mol. The SMILES string of the molecule is CCCCCOCCNCCCSC1CC(=O)N(CCCC(C)=O)C1=O. The van der Waals surface area contributed by atoms with Gasteiger partial charge >= 0.3 is 0 Å². The minimum atomic E-state index is -0.248. The first-order valence-electron chi connectivity index (χ1n) is 9.80. The van der Waals surface area contributed by atoms with Crippen LogP contribution >= 0.6 is 11.8 Å². The van der Waals surface area contributed by atoms with Gasteiger partial charge in [0, 0.05) is 32.5 Å². The van der Waals surface area contributed by atoms with Crippen molar-refractivity contribution in [2.45, 2.75) is 64.0 Å². The first kappa shape index (κ1) is 23.1. The molecule has 1 atom stereocenters. The molecule has 150 valence electrons. The molecule has 1 aliphatic rings. The normalized spacial score (nSPS) is 17.3. The predicted octanol–water partition coefficient (Wildman–Crippen LogP) is 2.40. The molecule has 0 bridgehead atoms. The van der Waals surface area contributed by atoms with Crippen LogP contribution in [-0.2, 0) is 19.1 Å². The van der Waals surface area contributed by atoms with E-state index in [1.807, 2.05) is 0 Å². The number of nitrogens with zero attached hydrogens (tertiary/aromatic N) is 1. The molecule has 1 fully saturated rings. The van der Waals surface area contributed by atoms with E-state index < -0.39 is 0 Å². The van der Waals surface area contributed by atoms with Crippen LogP contribution in [0.4, 0.5) is 0 Å². The smallest absolute Gasteiger partial charge is 0.242 e. The third kappa shape index (κ3) is 9.69. The van der Waals surface area contributed by atoms with Gasteiger partial charge in [-0.15, -0.1) is 11.8 Å². The number of hydrogen-bond donors (Lipinski definition) is 1. The van der Waals surface area contributed by atoms with Crippen LogP contribution in [0.1, 0.15) is 58.8 Å². The zero-order chi connectivity index (χ0) is 19.2. The van der Waals surface area contributed by atoms with Crippen LogP contribution in [0, 0.1) is 0 Å². The lowest BCUT2D eigenvalue weighted by Crippen LogP contribution is -2.32. The molecule has 1 heterocycles. The van der Waals surface area contributed by atoms with Crippen molar-refractivity contribution in [2.75, 3.05) is 38.6 Å². The number of nitrogens with one attached hydrogen (secondary N) is 1. The fourth-order valence-electron chi connectivity index (χ4n) is 2.75. The van der Waals surface area contributed by atoms with Crippen LogP contribution < -0.4 is 5.32 Å². The summed E-state index contributed by atoms with van der Waals surface area (Å²) < 4.78 is 5.53. The summed E-state index contributed by atoms with van der Waals surface area (Å²) in [5.74, 6) is 0.760. The molecule has 0 aromatic heterocycles. The Kier molecular flexibility index (Phi) is 12.6. The van der Waals surface area contributed by atoms with E-state index in [0.717, 1.165) is 44.9 Å². The molecule has 0 aliphatic carbocycles. The van der Waals surface area contributed by atoms with Crippen molar-refractivity contribution in [3.8, 4) is 0 Å². The van der Waals surface area contributed by atoms with Crippen molar-refractivity contribution in [2.24, 2.45) is 0 Å². The molecule has 0 aromatic rings. The largest absolute Gasteiger partial charge is 0.380 e. The van der Waals surface area contributed by atoms with Gasteiger partial charge in [0.05, 0.1) is 11.9 Å². The van der Waals surface area contributed by atoms with E-state index in [9.17, 15) is 14.4 Å². The number of carbonyl (C=O) groups excluding carboxylic acids is 3. The maximum Gasteiger partial charge on any atom is 0.242 e. The van der Waals surface area contributed by atoms with Crippen molar-refractivity contribution >= 4 is 29.4 Å². The molecule has 1 aliphatic heterocycles. The third-order valence-corrected chi connectivity index (χ3v) is 5.54. The van der Waals surface area contributed by atoms with Gasteiger partial charge in [-0.1, -0.05) is 19.8 Å². The van der Waals surface area contributed by atoms with Crippen molar-refractivity contribution in [3.05, 3.63) is 0 Å². The topological polar surface area (TPSA) is 75.7 Å². The van der Waals surface area contributed by atoms with Gasteiger partial charge in [0.1, 0.15) is 5.78 Å². The number of carbonyl (C=O) groups is 3. The molecule has 1 unspecified atom stereocenters. The second-order valence-electron chi connectivity index (χ2n) is 6.68. The Bertz CT molecular complexity index is 445. The van der Waals surface area contributed by atoms with E-state index >= 15 is 0 Å². The van der Waals surface area contributed by atoms with E-state index in [1.165, 1.54) is 24.7 Å². The number of imide groups is 1. The van der Waals surface area contributed by atoms with Crippen molar-refractivity contribution in [1.29, 1.82) is 0 Å². The highest BCUT2D eigenvalue weighted by Gasteiger charge is 2.38. The fraction of sp³-hybridized carbons (Fsp3) is 0.842. The van der Waals surface area contributed by atoms with Gasteiger partial charge in [0.25, 0.3) is 0 Å². The Morgan fingerprint density at radius 3 is 2.73 bits per heavy atom. The lowest BCUT2D eigenvalue weighted by Gasteiger charge is -2.14. The molecule has 1 N–H and O–H groups in total. The number of likely N-dealkylation sites (tertiary alicyclic amines) is 1. The molecule has 26 heavy (non-hydrogen) atoms. The molecule has 1 saturated heterocycles. The van der Waals surface area contributed by atoms with Gasteiger partial charge in [-0.25, -0.2) is 0 Å². The predicted molar refractivity (Wildman–Crippen MR) is 105 cm³/mol. The van der Waals surface area contributed by atoms with E-state index in [0.29, 0.717) is 25.8 Å². The molecule has 0 radical (unpaired) electrons. The molecule has 0 aromatic carbocycles. The van der Waals surface area contributed by atoms with Gasteiger partial charge < -0.3 is 14.8 Å². The van der Waals surface area contributed by atoms with Crippen LogP contribution in [-0.4, -0.2) is 66.3 Å². The zero-order valence-electron chi connectivity index (χ0n) is 16.3. The first-order chi connectivity index (χ1) is 12.6. The summed E-state index contributed by atoms with van der Waals surface area (Å²) in [5, 5.41) is 3.09. The lowest BCUT2D eigenvalue weighted by molar-refractivity contribution is -0.138. The van der Waals surface area contributed by atoms with Crippen molar-refractivity contribution in [3.63, 3.8) is 0 Å². The summed E-state index contributed by atoms with van der Waals surface area (Å²) in [7, 11) is 0. The van der Waals surface area contributed by atoms with Gasteiger partial charge in [0.2, 0.25) is 11.8 Å². The summed E-state index contributed by atoms with van der Waals surface area (Å²) in [4.78, 5) is 36.5. The first-order valence-corrected chi connectivity index (χ1v) is 10.8. The molecule has 7 heteroatoms. The number of ether oxygens (including phenoxy) is 1. The third-order valence-electron chi connectivity index (χ3n) is 4.25. The standard InChI is InChI=1S/C19H34N2O4S/c1-3-4-5-12-25-13-10-20-9-7-14-26-17-15-18(23)21(19(17)24)11-6-8-16(2)22/h17,20H,3-15H2,1-2H3. The van der Waals surface area contributed by atoms with Gasteiger partial charge in [-0.2, -0.15) is 0 Å². The van der Waals surface area contributed by atoms with E-state index in [2.05, 4.69) is 12.2 Å². The minimum Gasteiger partial charge on any atom is -0.380 e. The zero-order valence-corrected chi connectivity index (χ0v) is 17.1. The average molecular weight is 387 g/mol. The van der Waals surface area contributed by atoms with Crippen LogP contribution in [0.15, 0.2) is 0 Å². The van der Waals surface area contributed by atoms with Crippen LogP contribution in [0.5, 0.6) is 0 Å². The number of ketones is 1. The average Bonchev–Trinajstić information content (AvgIpc) is 2.87. The highest BCUT2D eigenvalue weighted by Crippen LogP contribution is 2.25. The van der Waals surface area contributed by atoms with Crippen molar-refractivity contribution < 1.29 is 19.1 Å². The van der Waals surface area contributed by atoms with E-state index in [4.69, 9.17) is 4.74 Å². The Morgan fingerprint density at radius 2 is 2.00 bits per heavy atom. The molecular formula is C19H34N2O4S. The van der Waals surface area contributed by atoms with Crippen molar-refractivity contribution in [1.82, 2.24) is 10.2 Å². The molecule has 1 rings (SSSR count). The summed E-state index contributed by atoms with van der Waals surface area (Å²) in [6.07, 6.45) is 5.81. The Hall–Kier alpha value is -0.920. The maximum atomic E-state index is 12.3. The Morgan fingerprint density at radius 1 is 1.19 bits per heavy atom. The second-order valence-corrected chi connectivity index (χ2v) is 7.99. The molecule has 0 saturated carbocycles. The molecular weight excluding hydrogens is 352 g/mol. The quantitative estimate of drug-likeness (QED) is 0.324. The van der Waals surface area contributed by atoms with Crippen LogP contribution in [0.25, 0.3) is 0 Å². The number of unbranched alkanes of at least 4 members (excludes halogenated alkanes) is 2. The summed E-state index contributed by atoms with van der Waals surface area (Å²) in [5.41, 5.74) is 0. The van der Waals surface area contributed by atoms with Gasteiger partial charge in [-0.3, -0.25) is 14.5 Å². The summed E-state index contributed by atoms with van der Waals surface area (Å²) in [6.45, 7) is 7.39. The molecule has 2 amide bonds.